The van der Waals surface area contributed by atoms with E-state index in [4.69, 9.17) is 4.98 Å². The minimum absolute atomic E-state index is 0. The second-order valence-electron chi connectivity index (χ2n) is 6.57. The van der Waals surface area contributed by atoms with Gasteiger partial charge in [-0.3, -0.25) is 9.69 Å². The summed E-state index contributed by atoms with van der Waals surface area (Å²) >= 11 is 1.70. The molecule has 1 saturated heterocycles. The highest BCUT2D eigenvalue weighted by Crippen LogP contribution is 2.24. The Bertz CT molecular complexity index is 690. The Morgan fingerprint density at radius 2 is 1.85 bits per heavy atom. The molecule has 27 heavy (non-hydrogen) atoms. The lowest BCUT2D eigenvalue weighted by atomic mass is 10.1. The maximum absolute atomic E-state index is 12.4. The van der Waals surface area contributed by atoms with Crippen LogP contribution >= 0.6 is 36.2 Å². The van der Waals surface area contributed by atoms with E-state index in [9.17, 15) is 4.79 Å². The van der Waals surface area contributed by atoms with Crippen LogP contribution in [0.25, 0.3) is 10.6 Å². The number of thiazole rings is 1. The summed E-state index contributed by atoms with van der Waals surface area (Å²) < 4.78 is 0. The van der Waals surface area contributed by atoms with Gasteiger partial charge in [-0.15, -0.1) is 36.2 Å². The van der Waals surface area contributed by atoms with Gasteiger partial charge in [-0.05, 0) is 7.05 Å². The second-order valence-corrected chi connectivity index (χ2v) is 7.43. The molecule has 2 aromatic rings. The van der Waals surface area contributed by atoms with Crippen molar-refractivity contribution >= 4 is 42.1 Å². The fourth-order valence-electron chi connectivity index (χ4n) is 3.15. The van der Waals surface area contributed by atoms with E-state index in [1.54, 1.807) is 11.3 Å². The van der Waals surface area contributed by atoms with Crippen LogP contribution in [0, 0.1) is 5.92 Å². The number of hydrogen-bond donors (Lipinski definition) is 1. The summed E-state index contributed by atoms with van der Waals surface area (Å²) in [6, 6.07) is 10.3. The van der Waals surface area contributed by atoms with Gasteiger partial charge in [-0.25, -0.2) is 4.98 Å². The van der Waals surface area contributed by atoms with E-state index in [1.165, 1.54) is 5.56 Å². The molecule has 0 radical (unpaired) electrons. The quantitative estimate of drug-likeness (QED) is 0.764. The molecule has 0 aliphatic carbocycles. The van der Waals surface area contributed by atoms with E-state index in [-0.39, 0.29) is 36.6 Å². The molecule has 1 unspecified atom stereocenters. The predicted molar refractivity (Wildman–Crippen MR) is 117 cm³/mol. The van der Waals surface area contributed by atoms with Gasteiger partial charge in [0.05, 0.1) is 5.69 Å². The van der Waals surface area contributed by atoms with Crippen molar-refractivity contribution in [2.75, 3.05) is 39.8 Å². The number of benzene rings is 1. The first-order valence-corrected chi connectivity index (χ1v) is 9.71. The van der Waals surface area contributed by atoms with Crippen LogP contribution in [-0.2, 0) is 11.3 Å². The number of rotatable bonds is 6. The summed E-state index contributed by atoms with van der Waals surface area (Å²) in [5, 5.41) is 6.30. The molecule has 0 saturated carbocycles. The zero-order valence-electron chi connectivity index (χ0n) is 15.8. The summed E-state index contributed by atoms with van der Waals surface area (Å²) in [4.78, 5) is 21.5. The first kappa shape index (κ1) is 23.9. The van der Waals surface area contributed by atoms with Gasteiger partial charge in [-0.2, -0.15) is 0 Å². The smallest absolute Gasteiger partial charge is 0.226 e. The Hall–Kier alpha value is -1.18. The Morgan fingerprint density at radius 3 is 2.48 bits per heavy atom. The van der Waals surface area contributed by atoms with E-state index in [0.29, 0.717) is 0 Å². The van der Waals surface area contributed by atoms with Gasteiger partial charge in [0.25, 0.3) is 0 Å². The molecule has 1 atom stereocenters. The molecular weight excluding hydrogens is 403 g/mol. The van der Waals surface area contributed by atoms with Crippen molar-refractivity contribution in [2.45, 2.75) is 13.5 Å². The van der Waals surface area contributed by atoms with Gasteiger partial charge >= 0.3 is 0 Å². The van der Waals surface area contributed by atoms with Gasteiger partial charge in [0.2, 0.25) is 5.91 Å². The molecule has 1 aliphatic heterocycles. The highest BCUT2D eigenvalue weighted by atomic mass is 35.5. The van der Waals surface area contributed by atoms with Crippen LogP contribution in [0.3, 0.4) is 0 Å². The van der Waals surface area contributed by atoms with Crippen LogP contribution in [0.4, 0.5) is 0 Å². The predicted octanol–water partition coefficient (Wildman–Crippen LogP) is 3.15. The van der Waals surface area contributed by atoms with E-state index in [2.05, 4.69) is 27.7 Å². The molecule has 1 aliphatic rings. The highest BCUT2D eigenvalue weighted by Gasteiger charge is 2.24. The molecule has 2 heterocycles. The Labute approximate surface area is 178 Å². The number of aromatic nitrogens is 1. The van der Waals surface area contributed by atoms with Gasteiger partial charge < -0.3 is 10.2 Å². The monoisotopic (exact) mass is 430 g/mol. The van der Waals surface area contributed by atoms with Crippen LogP contribution < -0.4 is 5.32 Å². The number of piperazine rings is 1. The van der Waals surface area contributed by atoms with E-state index in [1.807, 2.05) is 37.1 Å². The fraction of sp³-hybridized carbons (Fsp3) is 0.474. The Morgan fingerprint density at radius 1 is 1.19 bits per heavy atom. The van der Waals surface area contributed by atoms with E-state index < -0.39 is 0 Å². The first-order valence-electron chi connectivity index (χ1n) is 8.83. The zero-order valence-corrected chi connectivity index (χ0v) is 18.2. The van der Waals surface area contributed by atoms with Crippen molar-refractivity contribution in [3.05, 3.63) is 41.4 Å². The zero-order chi connectivity index (χ0) is 17.6. The standard InChI is InChI=1S/C19H26N4OS.2ClH/c1-15(12-20-2)19(24)23-10-8-22(9-11-23)13-17-14-25-18(21-17)16-6-4-3-5-7-16;;/h3-7,14-15,20H,8-13H2,1-2H3;2*1H. The third-order valence-corrected chi connectivity index (χ3v) is 5.51. The highest BCUT2D eigenvalue weighted by molar-refractivity contribution is 7.13. The van der Waals surface area contributed by atoms with Crippen LogP contribution in [0.2, 0.25) is 0 Å². The summed E-state index contributed by atoms with van der Waals surface area (Å²) in [5.41, 5.74) is 2.29. The molecule has 5 nitrogen and oxygen atoms in total. The van der Waals surface area contributed by atoms with Crippen LogP contribution in [0.1, 0.15) is 12.6 Å². The van der Waals surface area contributed by atoms with E-state index in [0.717, 1.165) is 50.0 Å². The number of nitrogens with zero attached hydrogens (tertiary/aromatic N) is 3. The molecule has 1 N–H and O–H groups in total. The topological polar surface area (TPSA) is 48.5 Å². The molecule has 150 valence electrons. The Kier molecular flexibility index (Phi) is 10.3. The largest absolute Gasteiger partial charge is 0.340 e. The van der Waals surface area contributed by atoms with Crippen molar-refractivity contribution in [2.24, 2.45) is 5.92 Å². The lowest BCUT2D eigenvalue weighted by Gasteiger charge is -2.35. The first-order chi connectivity index (χ1) is 12.2. The van der Waals surface area contributed by atoms with Gasteiger partial charge in [-0.1, -0.05) is 37.3 Å². The molecule has 3 rings (SSSR count). The third kappa shape index (κ3) is 6.43. The normalized spacial score (nSPS) is 15.6. The van der Waals surface area contributed by atoms with Crippen LogP contribution in [0.5, 0.6) is 0 Å². The number of nitrogens with one attached hydrogen (secondary N) is 1. The molecule has 1 amide bonds. The number of amides is 1. The molecule has 0 bridgehead atoms. The SMILES string of the molecule is CNCC(C)C(=O)N1CCN(Cc2csc(-c3ccccc3)n2)CC1.Cl.Cl. The molecule has 0 spiro atoms. The molecule has 1 aromatic heterocycles. The maximum atomic E-state index is 12.4. The summed E-state index contributed by atoms with van der Waals surface area (Å²) in [6.07, 6.45) is 0. The number of halogens is 2. The van der Waals surface area contributed by atoms with Gasteiger partial charge in [0, 0.05) is 56.1 Å². The Balaban J connectivity index is 0.00000182. The van der Waals surface area contributed by atoms with Crippen molar-refractivity contribution < 1.29 is 4.79 Å². The summed E-state index contributed by atoms with van der Waals surface area (Å²) in [6.45, 7) is 7.03. The van der Waals surface area contributed by atoms with Crippen LogP contribution in [-0.4, -0.2) is 60.5 Å². The number of hydrogen-bond acceptors (Lipinski definition) is 5. The van der Waals surface area contributed by atoms with Crippen LogP contribution in [0.15, 0.2) is 35.7 Å². The number of carbonyl (C=O) groups excluding carboxylic acids is 1. The lowest BCUT2D eigenvalue weighted by Crippen LogP contribution is -2.50. The fourth-order valence-corrected chi connectivity index (χ4v) is 3.97. The van der Waals surface area contributed by atoms with E-state index >= 15 is 0 Å². The molecule has 8 heteroatoms. The molecule has 1 aromatic carbocycles. The molecule has 1 fully saturated rings. The van der Waals surface area contributed by atoms with Gasteiger partial charge in [0.15, 0.2) is 0 Å². The second kappa shape index (κ2) is 11.6. The average Bonchev–Trinajstić information content (AvgIpc) is 3.11. The van der Waals surface area contributed by atoms with Gasteiger partial charge in [0.1, 0.15) is 5.01 Å². The summed E-state index contributed by atoms with van der Waals surface area (Å²) in [7, 11) is 1.89. The maximum Gasteiger partial charge on any atom is 0.226 e. The summed E-state index contributed by atoms with van der Waals surface area (Å²) in [5.74, 6) is 0.303. The minimum Gasteiger partial charge on any atom is -0.340 e. The molecular formula is C19H28Cl2N4OS. The third-order valence-electron chi connectivity index (χ3n) is 4.57. The average molecular weight is 431 g/mol. The lowest BCUT2D eigenvalue weighted by molar-refractivity contribution is -0.136. The van der Waals surface area contributed by atoms with Crippen molar-refractivity contribution in [3.63, 3.8) is 0 Å². The van der Waals surface area contributed by atoms with Crippen molar-refractivity contribution in [1.29, 1.82) is 0 Å². The van der Waals surface area contributed by atoms with Crippen molar-refractivity contribution in [1.82, 2.24) is 20.1 Å². The minimum atomic E-state index is 0. The number of carbonyl (C=O) groups is 1. The van der Waals surface area contributed by atoms with Crippen molar-refractivity contribution in [3.8, 4) is 10.6 Å².